The number of pyridine rings is 1. The van der Waals surface area contributed by atoms with Crippen molar-refractivity contribution in [2.45, 2.75) is 39.5 Å². The molecule has 0 bridgehead atoms. The highest BCUT2D eigenvalue weighted by Gasteiger charge is 2.27. The highest BCUT2D eigenvalue weighted by molar-refractivity contribution is 5.78. The zero-order valence-electron chi connectivity index (χ0n) is 15.8. The Hall–Kier alpha value is -2.48. The Balaban J connectivity index is 1.68. The van der Waals surface area contributed by atoms with E-state index in [0.717, 1.165) is 17.3 Å². The lowest BCUT2D eigenvalue weighted by Crippen LogP contribution is -2.44. The number of hydrogen-bond acceptors (Lipinski definition) is 6. The van der Waals surface area contributed by atoms with Crippen LogP contribution >= 0.6 is 0 Å². The van der Waals surface area contributed by atoms with Crippen LogP contribution in [0.1, 0.15) is 24.3 Å². The van der Waals surface area contributed by atoms with Gasteiger partial charge in [-0.05, 0) is 40.1 Å². The Morgan fingerprint density at radius 1 is 1.31 bits per heavy atom. The van der Waals surface area contributed by atoms with E-state index in [0.29, 0.717) is 38.4 Å². The molecular formula is C18H26N6O2. The first-order valence-electron chi connectivity index (χ1n) is 8.84. The number of aryl methyl sites for hydroxylation is 1. The van der Waals surface area contributed by atoms with Crippen LogP contribution in [0.2, 0.25) is 0 Å². The number of carbonyl (C=O) groups excluding carboxylic acids is 1. The first kappa shape index (κ1) is 18.3. The third kappa shape index (κ3) is 4.19. The summed E-state index contributed by atoms with van der Waals surface area (Å²) in [6.07, 6.45) is 2.40. The molecule has 0 aromatic carbocycles. The van der Waals surface area contributed by atoms with Crippen molar-refractivity contribution in [3.63, 3.8) is 0 Å². The maximum Gasteiger partial charge on any atom is 0.237 e. The summed E-state index contributed by atoms with van der Waals surface area (Å²) < 4.78 is 7.86. The molecule has 1 aliphatic heterocycles. The maximum absolute atomic E-state index is 12.5. The Morgan fingerprint density at radius 3 is 2.81 bits per heavy atom. The summed E-state index contributed by atoms with van der Waals surface area (Å²) in [6.45, 7) is 6.08. The summed E-state index contributed by atoms with van der Waals surface area (Å²) in [4.78, 5) is 20.5. The van der Waals surface area contributed by atoms with Crippen LogP contribution in [0.25, 0.3) is 0 Å². The molecule has 8 heteroatoms. The SMILES string of the molecule is Cc1ccc(OCc2nnc3n2CCN(C(=O)CN(C)C)[C@@H](C)C3)cn1. The molecule has 1 atom stereocenters. The van der Waals surface area contributed by atoms with Crippen LogP contribution in [0.4, 0.5) is 0 Å². The number of nitrogens with zero attached hydrogens (tertiary/aromatic N) is 6. The van der Waals surface area contributed by atoms with Gasteiger partial charge >= 0.3 is 0 Å². The molecule has 0 radical (unpaired) electrons. The highest BCUT2D eigenvalue weighted by Crippen LogP contribution is 2.17. The van der Waals surface area contributed by atoms with Crippen molar-refractivity contribution < 1.29 is 9.53 Å². The molecule has 0 fully saturated rings. The quantitative estimate of drug-likeness (QED) is 0.790. The summed E-state index contributed by atoms with van der Waals surface area (Å²) in [5.41, 5.74) is 0.949. The fourth-order valence-electron chi connectivity index (χ4n) is 3.11. The van der Waals surface area contributed by atoms with E-state index in [1.54, 1.807) is 6.20 Å². The van der Waals surface area contributed by atoms with Gasteiger partial charge in [0, 0.05) is 31.2 Å². The molecule has 2 aromatic rings. The molecule has 3 heterocycles. The molecule has 8 nitrogen and oxygen atoms in total. The van der Waals surface area contributed by atoms with Gasteiger partial charge in [-0.15, -0.1) is 10.2 Å². The third-order valence-corrected chi connectivity index (χ3v) is 4.50. The summed E-state index contributed by atoms with van der Waals surface area (Å²) in [5.74, 6) is 2.52. The van der Waals surface area contributed by atoms with Crippen molar-refractivity contribution in [3.05, 3.63) is 35.7 Å². The van der Waals surface area contributed by atoms with Gasteiger partial charge in [-0.2, -0.15) is 0 Å². The van der Waals surface area contributed by atoms with Gasteiger partial charge in [-0.3, -0.25) is 9.78 Å². The Bertz CT molecular complexity index is 756. The monoisotopic (exact) mass is 358 g/mol. The molecule has 2 aromatic heterocycles. The zero-order chi connectivity index (χ0) is 18.7. The molecule has 0 unspecified atom stereocenters. The van der Waals surface area contributed by atoms with Crippen LogP contribution in [0, 0.1) is 6.92 Å². The molecule has 0 aliphatic carbocycles. The van der Waals surface area contributed by atoms with Crippen LogP contribution in [0.15, 0.2) is 18.3 Å². The van der Waals surface area contributed by atoms with E-state index in [2.05, 4.69) is 26.7 Å². The van der Waals surface area contributed by atoms with Gasteiger partial charge < -0.3 is 19.1 Å². The standard InChI is InChI=1S/C18H26N6O2/c1-13-5-6-15(10-19-13)26-12-17-21-20-16-9-14(2)23(7-8-24(16)17)18(25)11-22(3)4/h5-6,10,14H,7-9,11-12H2,1-4H3/t14-/m0/s1. The number of hydrogen-bond donors (Lipinski definition) is 0. The molecule has 0 saturated heterocycles. The normalized spacial score (nSPS) is 17.1. The predicted octanol–water partition coefficient (Wildman–Crippen LogP) is 0.895. The van der Waals surface area contributed by atoms with Gasteiger partial charge in [-0.1, -0.05) is 0 Å². The number of fused-ring (bicyclic) bond motifs is 1. The fraction of sp³-hybridized carbons (Fsp3) is 0.556. The van der Waals surface area contributed by atoms with Gasteiger partial charge in [0.1, 0.15) is 18.2 Å². The number of likely N-dealkylation sites (N-methyl/N-ethyl adjacent to an activating group) is 1. The van der Waals surface area contributed by atoms with Crippen LogP contribution in [-0.4, -0.2) is 68.7 Å². The lowest BCUT2D eigenvalue weighted by atomic mass is 10.2. The molecule has 1 amide bonds. The summed E-state index contributed by atoms with van der Waals surface area (Å²) in [6, 6.07) is 3.91. The largest absolute Gasteiger partial charge is 0.484 e. The lowest BCUT2D eigenvalue weighted by Gasteiger charge is -2.28. The number of ether oxygens (including phenoxy) is 1. The van der Waals surface area contributed by atoms with Crippen molar-refractivity contribution in [2.24, 2.45) is 0 Å². The number of amides is 1. The van der Waals surface area contributed by atoms with E-state index >= 15 is 0 Å². The maximum atomic E-state index is 12.5. The van der Waals surface area contributed by atoms with Crippen LogP contribution in [0.3, 0.4) is 0 Å². The Labute approximate surface area is 153 Å². The average molecular weight is 358 g/mol. The minimum absolute atomic E-state index is 0.1000. The summed E-state index contributed by atoms with van der Waals surface area (Å²) in [7, 11) is 3.81. The van der Waals surface area contributed by atoms with Gasteiger partial charge in [0.15, 0.2) is 5.82 Å². The molecule has 3 rings (SSSR count). The van der Waals surface area contributed by atoms with Gasteiger partial charge in [-0.25, -0.2) is 0 Å². The van der Waals surface area contributed by atoms with Crippen LogP contribution < -0.4 is 4.74 Å². The van der Waals surface area contributed by atoms with Gasteiger partial charge in [0.05, 0.1) is 12.7 Å². The summed E-state index contributed by atoms with van der Waals surface area (Å²) in [5, 5.41) is 8.60. The van der Waals surface area contributed by atoms with Crippen molar-refractivity contribution in [1.29, 1.82) is 0 Å². The van der Waals surface area contributed by atoms with E-state index in [9.17, 15) is 4.79 Å². The second-order valence-electron chi connectivity index (χ2n) is 6.99. The first-order valence-corrected chi connectivity index (χ1v) is 8.84. The molecule has 26 heavy (non-hydrogen) atoms. The van der Waals surface area contributed by atoms with E-state index in [4.69, 9.17) is 4.74 Å². The molecule has 0 saturated carbocycles. The number of aromatic nitrogens is 4. The van der Waals surface area contributed by atoms with E-state index in [-0.39, 0.29) is 11.9 Å². The number of carbonyl (C=O) groups is 1. The van der Waals surface area contributed by atoms with E-state index in [1.807, 2.05) is 43.0 Å². The van der Waals surface area contributed by atoms with Gasteiger partial charge in [0.2, 0.25) is 5.91 Å². The first-order chi connectivity index (χ1) is 12.4. The topological polar surface area (TPSA) is 76.4 Å². The van der Waals surface area contributed by atoms with Crippen molar-refractivity contribution in [2.75, 3.05) is 27.2 Å². The third-order valence-electron chi connectivity index (χ3n) is 4.50. The van der Waals surface area contributed by atoms with Crippen molar-refractivity contribution >= 4 is 5.91 Å². The Morgan fingerprint density at radius 2 is 2.12 bits per heavy atom. The predicted molar refractivity (Wildman–Crippen MR) is 96.8 cm³/mol. The van der Waals surface area contributed by atoms with Crippen molar-refractivity contribution in [1.82, 2.24) is 29.5 Å². The molecular weight excluding hydrogens is 332 g/mol. The second-order valence-corrected chi connectivity index (χ2v) is 6.99. The fourth-order valence-corrected chi connectivity index (χ4v) is 3.11. The minimum Gasteiger partial charge on any atom is -0.484 e. The van der Waals surface area contributed by atoms with E-state index < -0.39 is 0 Å². The average Bonchev–Trinajstić information content (AvgIpc) is 2.87. The molecule has 0 N–H and O–H groups in total. The smallest absolute Gasteiger partial charge is 0.237 e. The number of rotatable bonds is 5. The van der Waals surface area contributed by atoms with Crippen LogP contribution in [0.5, 0.6) is 5.75 Å². The van der Waals surface area contributed by atoms with Crippen LogP contribution in [-0.2, 0) is 24.4 Å². The second kappa shape index (κ2) is 7.82. The molecule has 1 aliphatic rings. The minimum atomic E-state index is 0.1000. The zero-order valence-corrected chi connectivity index (χ0v) is 15.8. The highest BCUT2D eigenvalue weighted by atomic mass is 16.5. The molecule has 0 spiro atoms. The lowest BCUT2D eigenvalue weighted by molar-refractivity contribution is -0.133. The summed E-state index contributed by atoms with van der Waals surface area (Å²) >= 11 is 0. The van der Waals surface area contributed by atoms with E-state index in [1.165, 1.54) is 0 Å². The van der Waals surface area contributed by atoms with Crippen molar-refractivity contribution in [3.8, 4) is 5.75 Å². The Kier molecular flexibility index (Phi) is 5.51. The molecule has 140 valence electrons. The van der Waals surface area contributed by atoms with Gasteiger partial charge in [0.25, 0.3) is 0 Å².